The highest BCUT2D eigenvalue weighted by Gasteiger charge is 2.28. The SMILES string of the molecule is CC(C)CN1CCN(C(=O)[C@@H]2CCCCN2)CC1. The highest BCUT2D eigenvalue weighted by molar-refractivity contribution is 5.82. The molecule has 104 valence electrons. The lowest BCUT2D eigenvalue weighted by molar-refractivity contribution is -0.135. The van der Waals surface area contributed by atoms with Gasteiger partial charge in [0, 0.05) is 32.7 Å². The molecule has 0 radical (unpaired) electrons. The van der Waals surface area contributed by atoms with E-state index < -0.39 is 0 Å². The van der Waals surface area contributed by atoms with Crippen molar-refractivity contribution in [1.29, 1.82) is 0 Å². The Labute approximate surface area is 111 Å². The highest BCUT2D eigenvalue weighted by Crippen LogP contribution is 2.12. The van der Waals surface area contributed by atoms with Crippen molar-refractivity contribution in [2.24, 2.45) is 5.92 Å². The van der Waals surface area contributed by atoms with Gasteiger partial charge in [0.15, 0.2) is 0 Å². The molecule has 0 spiro atoms. The molecule has 2 heterocycles. The maximum Gasteiger partial charge on any atom is 0.239 e. The fourth-order valence-corrected chi connectivity index (χ4v) is 2.95. The summed E-state index contributed by atoms with van der Waals surface area (Å²) in [5, 5.41) is 3.35. The van der Waals surface area contributed by atoms with E-state index in [0.29, 0.717) is 11.8 Å². The average Bonchev–Trinajstić information content (AvgIpc) is 2.39. The van der Waals surface area contributed by atoms with E-state index in [0.717, 1.165) is 45.7 Å². The molecule has 0 aliphatic carbocycles. The van der Waals surface area contributed by atoms with Gasteiger partial charge in [-0.25, -0.2) is 0 Å². The van der Waals surface area contributed by atoms with Crippen molar-refractivity contribution in [1.82, 2.24) is 15.1 Å². The number of nitrogens with one attached hydrogen (secondary N) is 1. The molecule has 2 saturated heterocycles. The van der Waals surface area contributed by atoms with Crippen molar-refractivity contribution in [3.8, 4) is 0 Å². The Morgan fingerprint density at radius 3 is 2.50 bits per heavy atom. The fourth-order valence-electron chi connectivity index (χ4n) is 2.95. The molecule has 2 aliphatic rings. The molecular weight excluding hydrogens is 226 g/mol. The van der Waals surface area contributed by atoms with Crippen LogP contribution < -0.4 is 5.32 Å². The van der Waals surface area contributed by atoms with Gasteiger partial charge in [-0.1, -0.05) is 20.3 Å². The van der Waals surface area contributed by atoms with Gasteiger partial charge in [-0.15, -0.1) is 0 Å². The second-order valence-electron chi connectivity index (χ2n) is 6.02. The van der Waals surface area contributed by atoms with E-state index in [2.05, 4.69) is 29.0 Å². The van der Waals surface area contributed by atoms with Crippen LogP contribution in [0.15, 0.2) is 0 Å². The Morgan fingerprint density at radius 2 is 1.94 bits per heavy atom. The Balaban J connectivity index is 1.76. The molecule has 2 fully saturated rings. The number of piperazine rings is 1. The summed E-state index contributed by atoms with van der Waals surface area (Å²) in [6.45, 7) is 10.6. The summed E-state index contributed by atoms with van der Waals surface area (Å²) in [4.78, 5) is 16.9. The molecule has 0 aromatic carbocycles. The third-order valence-corrected chi connectivity index (χ3v) is 3.92. The van der Waals surface area contributed by atoms with Gasteiger partial charge >= 0.3 is 0 Å². The van der Waals surface area contributed by atoms with Crippen molar-refractivity contribution < 1.29 is 4.79 Å². The topological polar surface area (TPSA) is 35.6 Å². The van der Waals surface area contributed by atoms with E-state index in [9.17, 15) is 4.79 Å². The van der Waals surface area contributed by atoms with E-state index in [4.69, 9.17) is 0 Å². The Hall–Kier alpha value is -0.610. The smallest absolute Gasteiger partial charge is 0.239 e. The normalized spacial score (nSPS) is 26.6. The van der Waals surface area contributed by atoms with Crippen LogP contribution in [0.4, 0.5) is 0 Å². The zero-order chi connectivity index (χ0) is 13.0. The van der Waals surface area contributed by atoms with Gasteiger partial charge in [0.2, 0.25) is 5.91 Å². The Kier molecular flexibility index (Phi) is 5.01. The average molecular weight is 253 g/mol. The second kappa shape index (κ2) is 6.53. The molecule has 1 amide bonds. The third-order valence-electron chi connectivity index (χ3n) is 3.92. The number of carbonyl (C=O) groups is 1. The van der Waals surface area contributed by atoms with Gasteiger partial charge in [-0.2, -0.15) is 0 Å². The van der Waals surface area contributed by atoms with Gasteiger partial charge < -0.3 is 10.2 Å². The van der Waals surface area contributed by atoms with Crippen molar-refractivity contribution in [3.05, 3.63) is 0 Å². The minimum absolute atomic E-state index is 0.0930. The lowest BCUT2D eigenvalue weighted by Crippen LogP contribution is -2.55. The third kappa shape index (κ3) is 3.69. The van der Waals surface area contributed by atoms with Crippen molar-refractivity contribution in [2.75, 3.05) is 39.3 Å². The van der Waals surface area contributed by atoms with Crippen LogP contribution >= 0.6 is 0 Å². The molecule has 18 heavy (non-hydrogen) atoms. The maximum atomic E-state index is 12.3. The second-order valence-corrected chi connectivity index (χ2v) is 6.02. The minimum atomic E-state index is 0.0930. The van der Waals surface area contributed by atoms with Gasteiger partial charge in [0.1, 0.15) is 0 Å². The summed E-state index contributed by atoms with van der Waals surface area (Å²) in [5.41, 5.74) is 0. The summed E-state index contributed by atoms with van der Waals surface area (Å²) in [6, 6.07) is 0.0930. The first kappa shape index (κ1) is 13.8. The molecule has 0 bridgehead atoms. The quantitative estimate of drug-likeness (QED) is 0.813. The van der Waals surface area contributed by atoms with E-state index in [-0.39, 0.29) is 6.04 Å². The van der Waals surface area contributed by atoms with Crippen LogP contribution in [0.25, 0.3) is 0 Å². The van der Waals surface area contributed by atoms with Crippen LogP contribution in [0.3, 0.4) is 0 Å². The van der Waals surface area contributed by atoms with Gasteiger partial charge in [0.25, 0.3) is 0 Å². The van der Waals surface area contributed by atoms with Gasteiger partial charge in [0.05, 0.1) is 6.04 Å². The zero-order valence-corrected chi connectivity index (χ0v) is 11.8. The van der Waals surface area contributed by atoms with Crippen molar-refractivity contribution >= 4 is 5.91 Å². The molecule has 0 aromatic rings. The monoisotopic (exact) mass is 253 g/mol. The molecule has 0 unspecified atom stereocenters. The number of piperidine rings is 1. The number of nitrogens with zero attached hydrogens (tertiary/aromatic N) is 2. The number of amides is 1. The fraction of sp³-hybridized carbons (Fsp3) is 0.929. The van der Waals surface area contributed by atoms with Crippen molar-refractivity contribution in [3.63, 3.8) is 0 Å². The van der Waals surface area contributed by atoms with E-state index >= 15 is 0 Å². The molecule has 2 aliphatic heterocycles. The standard InChI is InChI=1S/C14H27N3O/c1-12(2)11-16-7-9-17(10-8-16)14(18)13-5-3-4-6-15-13/h12-13,15H,3-11H2,1-2H3/t13-/m0/s1. The van der Waals surface area contributed by atoms with Crippen LogP contribution in [0.1, 0.15) is 33.1 Å². The molecule has 1 atom stereocenters. The number of hydrogen-bond donors (Lipinski definition) is 1. The molecule has 2 rings (SSSR count). The predicted octanol–water partition coefficient (Wildman–Crippen LogP) is 0.929. The lowest BCUT2D eigenvalue weighted by Gasteiger charge is -2.37. The summed E-state index contributed by atoms with van der Waals surface area (Å²) in [7, 11) is 0. The summed E-state index contributed by atoms with van der Waals surface area (Å²) in [6.07, 6.45) is 3.42. The van der Waals surface area contributed by atoms with Crippen LogP contribution in [-0.4, -0.2) is 61.0 Å². The van der Waals surface area contributed by atoms with Crippen LogP contribution in [0, 0.1) is 5.92 Å². The maximum absolute atomic E-state index is 12.3. The van der Waals surface area contributed by atoms with Gasteiger partial charge in [-0.3, -0.25) is 9.69 Å². The van der Waals surface area contributed by atoms with Crippen molar-refractivity contribution in [2.45, 2.75) is 39.2 Å². The van der Waals surface area contributed by atoms with E-state index in [1.54, 1.807) is 0 Å². The number of rotatable bonds is 3. The molecule has 1 N–H and O–H groups in total. The molecule has 0 aromatic heterocycles. The zero-order valence-electron chi connectivity index (χ0n) is 11.8. The first-order valence-corrected chi connectivity index (χ1v) is 7.41. The summed E-state index contributed by atoms with van der Waals surface area (Å²) >= 11 is 0. The number of carbonyl (C=O) groups excluding carboxylic acids is 1. The predicted molar refractivity (Wildman–Crippen MR) is 73.5 cm³/mol. The summed E-state index contributed by atoms with van der Waals surface area (Å²) in [5.74, 6) is 1.05. The van der Waals surface area contributed by atoms with Crippen LogP contribution in [-0.2, 0) is 4.79 Å². The largest absolute Gasteiger partial charge is 0.339 e. The van der Waals surface area contributed by atoms with Crippen LogP contribution in [0.2, 0.25) is 0 Å². The molecule has 4 nitrogen and oxygen atoms in total. The molecule has 0 saturated carbocycles. The first-order valence-electron chi connectivity index (χ1n) is 7.41. The molecule has 4 heteroatoms. The van der Waals surface area contributed by atoms with Gasteiger partial charge in [-0.05, 0) is 25.3 Å². The molecular formula is C14H27N3O. The highest BCUT2D eigenvalue weighted by atomic mass is 16.2. The number of hydrogen-bond acceptors (Lipinski definition) is 3. The van der Waals surface area contributed by atoms with E-state index in [1.165, 1.54) is 12.8 Å². The summed E-state index contributed by atoms with van der Waals surface area (Å²) < 4.78 is 0. The Bertz CT molecular complexity index is 266. The lowest BCUT2D eigenvalue weighted by atomic mass is 10.0. The Morgan fingerprint density at radius 1 is 1.22 bits per heavy atom. The van der Waals surface area contributed by atoms with Crippen LogP contribution in [0.5, 0.6) is 0 Å². The first-order chi connectivity index (χ1) is 8.66. The van der Waals surface area contributed by atoms with E-state index in [1.807, 2.05) is 0 Å². The minimum Gasteiger partial charge on any atom is -0.339 e.